The first-order valence-corrected chi connectivity index (χ1v) is 4.04. The molecule has 6 heteroatoms. The summed E-state index contributed by atoms with van der Waals surface area (Å²) < 4.78 is 31.7. The van der Waals surface area contributed by atoms with Crippen molar-refractivity contribution in [1.82, 2.24) is 0 Å². The molecule has 57 valence electrons. The Bertz CT molecular complexity index is 153. The summed E-state index contributed by atoms with van der Waals surface area (Å²) in [4.78, 5) is 0. The minimum absolute atomic E-state index is 0. The van der Waals surface area contributed by atoms with Crippen molar-refractivity contribution in [1.29, 1.82) is 0 Å². The summed E-state index contributed by atoms with van der Waals surface area (Å²) in [5, 5.41) is 0. The Morgan fingerprint density at radius 3 is 2.30 bits per heavy atom. The molecule has 0 heterocycles. The van der Waals surface area contributed by atoms with Crippen LogP contribution < -0.4 is 0 Å². The predicted octanol–water partition coefficient (Wildman–Crippen LogP) is 0.225. The van der Waals surface area contributed by atoms with Crippen LogP contribution in [0.3, 0.4) is 0 Å². The fourth-order valence-electron chi connectivity index (χ4n) is 0.309. The van der Waals surface area contributed by atoms with Crippen molar-refractivity contribution < 1.29 is 17.2 Å². The molecule has 0 saturated carbocycles. The molecule has 0 fully saturated rings. The number of unbranched alkanes of at least 4 members (excludes halogenated alkanes) is 1. The Morgan fingerprint density at radius 2 is 2.00 bits per heavy atom. The molecule has 0 aromatic rings. The predicted molar refractivity (Wildman–Crippen MR) is 38.2 cm³/mol. The van der Waals surface area contributed by atoms with Gasteiger partial charge in [-0.05, 0) is 6.42 Å². The number of hydrogen-bond acceptors (Lipinski definition) is 3. The molecule has 0 saturated heterocycles. The Kier molecular flexibility index (Phi) is 8.85. The van der Waals surface area contributed by atoms with E-state index in [0.717, 1.165) is 6.42 Å². The van der Waals surface area contributed by atoms with Crippen molar-refractivity contribution in [3.05, 3.63) is 0 Å². The standard InChI is InChI=1S/C4H10O4S.Na/c1-2-3-4-8-9(5,6)7;/h2-4H2,1H3,(H,5,6,7);. The van der Waals surface area contributed by atoms with Gasteiger partial charge in [0, 0.05) is 29.6 Å². The number of rotatable bonds is 4. The van der Waals surface area contributed by atoms with Gasteiger partial charge in [-0.3, -0.25) is 4.55 Å². The van der Waals surface area contributed by atoms with Gasteiger partial charge in [-0.2, -0.15) is 8.42 Å². The van der Waals surface area contributed by atoms with Crippen LogP contribution in [0.15, 0.2) is 0 Å². The third-order valence-corrected chi connectivity index (χ3v) is 1.19. The second-order valence-corrected chi connectivity index (χ2v) is 2.69. The van der Waals surface area contributed by atoms with Gasteiger partial charge in [-0.25, -0.2) is 4.18 Å². The first-order chi connectivity index (χ1) is 4.06. The summed E-state index contributed by atoms with van der Waals surface area (Å²) in [7, 11) is -4.20. The summed E-state index contributed by atoms with van der Waals surface area (Å²) in [5.74, 6) is 0. The monoisotopic (exact) mass is 177 g/mol. The largest absolute Gasteiger partial charge is 0.397 e. The van der Waals surface area contributed by atoms with E-state index >= 15 is 0 Å². The zero-order chi connectivity index (χ0) is 7.33. The van der Waals surface area contributed by atoms with E-state index in [1.165, 1.54) is 0 Å². The molecule has 0 aliphatic carbocycles. The van der Waals surface area contributed by atoms with E-state index in [4.69, 9.17) is 4.55 Å². The minimum Gasteiger partial charge on any atom is -0.264 e. The average molecular weight is 177 g/mol. The maximum Gasteiger partial charge on any atom is 0.397 e. The van der Waals surface area contributed by atoms with Crippen LogP contribution in [0.1, 0.15) is 19.8 Å². The Hall–Kier alpha value is 0.870. The summed E-state index contributed by atoms with van der Waals surface area (Å²) in [6.07, 6.45) is 1.48. The Labute approximate surface area is 83.2 Å². The van der Waals surface area contributed by atoms with Crippen molar-refractivity contribution in [3.8, 4) is 0 Å². The molecule has 0 aliphatic heterocycles. The van der Waals surface area contributed by atoms with Gasteiger partial charge in [0.1, 0.15) is 0 Å². The molecule has 1 N–H and O–H groups in total. The van der Waals surface area contributed by atoms with E-state index in [1.807, 2.05) is 6.92 Å². The fourth-order valence-corrected chi connectivity index (χ4v) is 0.637. The molecule has 0 spiro atoms. The van der Waals surface area contributed by atoms with Crippen molar-refractivity contribution >= 4 is 40.0 Å². The van der Waals surface area contributed by atoms with E-state index < -0.39 is 10.4 Å². The minimum atomic E-state index is -4.20. The SMILES string of the molecule is CCCCOS(=O)(=O)O.[Na]. The van der Waals surface area contributed by atoms with Gasteiger partial charge < -0.3 is 0 Å². The zero-order valence-corrected chi connectivity index (χ0v) is 9.02. The van der Waals surface area contributed by atoms with Gasteiger partial charge in [0.2, 0.25) is 0 Å². The quantitative estimate of drug-likeness (QED) is 0.379. The zero-order valence-electron chi connectivity index (χ0n) is 6.20. The molecule has 0 atom stereocenters. The van der Waals surface area contributed by atoms with Crippen LogP contribution in [-0.2, 0) is 14.6 Å². The molecular weight excluding hydrogens is 167 g/mol. The van der Waals surface area contributed by atoms with Gasteiger partial charge in [0.15, 0.2) is 0 Å². The molecule has 1 radical (unpaired) electrons. The van der Waals surface area contributed by atoms with E-state index in [1.54, 1.807) is 0 Å². The molecule has 0 amide bonds. The maximum absolute atomic E-state index is 9.84. The normalized spacial score (nSPS) is 10.6. The second-order valence-electron chi connectivity index (χ2n) is 1.60. The molecule has 0 aromatic carbocycles. The topological polar surface area (TPSA) is 63.6 Å². The first-order valence-electron chi connectivity index (χ1n) is 2.68. The molecule has 0 aromatic heterocycles. The second kappa shape index (κ2) is 6.57. The first kappa shape index (κ1) is 13.5. The molecule has 0 unspecified atom stereocenters. The molecule has 0 bridgehead atoms. The smallest absolute Gasteiger partial charge is 0.264 e. The van der Waals surface area contributed by atoms with Crippen LogP contribution in [0.25, 0.3) is 0 Å². The van der Waals surface area contributed by atoms with Gasteiger partial charge in [0.05, 0.1) is 6.61 Å². The fraction of sp³-hybridized carbons (Fsp3) is 1.00. The molecule has 0 rings (SSSR count). The van der Waals surface area contributed by atoms with Crippen molar-refractivity contribution in [2.45, 2.75) is 19.8 Å². The van der Waals surface area contributed by atoms with Crippen LogP contribution in [0.4, 0.5) is 0 Å². The van der Waals surface area contributed by atoms with Crippen molar-refractivity contribution in [3.63, 3.8) is 0 Å². The van der Waals surface area contributed by atoms with Crippen molar-refractivity contribution in [2.24, 2.45) is 0 Å². The Balaban J connectivity index is 0. The van der Waals surface area contributed by atoms with Gasteiger partial charge in [0.25, 0.3) is 0 Å². The van der Waals surface area contributed by atoms with E-state index in [0.29, 0.717) is 6.42 Å². The third kappa shape index (κ3) is 11.6. The van der Waals surface area contributed by atoms with E-state index in [9.17, 15) is 8.42 Å². The third-order valence-electron chi connectivity index (χ3n) is 0.730. The molecule has 0 aliphatic rings. The summed E-state index contributed by atoms with van der Waals surface area (Å²) in [6, 6.07) is 0. The summed E-state index contributed by atoms with van der Waals surface area (Å²) >= 11 is 0. The molecule has 10 heavy (non-hydrogen) atoms. The van der Waals surface area contributed by atoms with E-state index in [2.05, 4.69) is 4.18 Å². The summed E-state index contributed by atoms with van der Waals surface area (Å²) in [6.45, 7) is 1.96. The van der Waals surface area contributed by atoms with Crippen LogP contribution in [-0.4, -0.2) is 49.1 Å². The Morgan fingerprint density at radius 1 is 1.50 bits per heavy atom. The van der Waals surface area contributed by atoms with Crippen LogP contribution in [0, 0.1) is 0 Å². The van der Waals surface area contributed by atoms with Crippen LogP contribution in [0.2, 0.25) is 0 Å². The van der Waals surface area contributed by atoms with Crippen molar-refractivity contribution in [2.75, 3.05) is 6.61 Å². The maximum atomic E-state index is 9.84. The van der Waals surface area contributed by atoms with Gasteiger partial charge in [-0.15, -0.1) is 0 Å². The van der Waals surface area contributed by atoms with Gasteiger partial charge in [-0.1, -0.05) is 13.3 Å². The van der Waals surface area contributed by atoms with Crippen LogP contribution in [0.5, 0.6) is 0 Å². The summed E-state index contributed by atoms with van der Waals surface area (Å²) in [5.41, 5.74) is 0. The van der Waals surface area contributed by atoms with Gasteiger partial charge >= 0.3 is 10.4 Å². The average Bonchev–Trinajstić information content (AvgIpc) is 1.63. The van der Waals surface area contributed by atoms with Crippen LogP contribution >= 0.6 is 0 Å². The molecule has 4 nitrogen and oxygen atoms in total. The van der Waals surface area contributed by atoms with E-state index in [-0.39, 0.29) is 36.2 Å². The molecular formula is C4H10NaO4S. The number of hydrogen-bond donors (Lipinski definition) is 1.